The van der Waals surface area contributed by atoms with Gasteiger partial charge >= 0.3 is 8.80 Å². The Hall–Kier alpha value is -0.466. The van der Waals surface area contributed by atoms with Crippen molar-refractivity contribution in [1.29, 1.82) is 0 Å². The van der Waals surface area contributed by atoms with Crippen molar-refractivity contribution in [2.75, 3.05) is 0 Å². The monoisotopic (exact) mass is 314 g/mol. The van der Waals surface area contributed by atoms with Crippen molar-refractivity contribution in [3.63, 3.8) is 0 Å². The highest BCUT2D eigenvalue weighted by Crippen LogP contribution is 2.17. The Balaban J connectivity index is 0.00000361. The molecule has 0 amide bonds. The normalized spacial score (nSPS) is 12.1. The molecule has 116 valence electrons. The van der Waals surface area contributed by atoms with E-state index in [9.17, 15) is 0 Å². The molecule has 0 aliphatic rings. The third kappa shape index (κ3) is 5.89. The molecule has 0 aliphatic carbocycles. The molecule has 0 heterocycles. The molecule has 0 radical (unpaired) electrons. The Bertz CT molecular complexity index is 340. The van der Waals surface area contributed by atoms with Gasteiger partial charge in [-0.15, -0.1) is 0 Å². The van der Waals surface area contributed by atoms with E-state index in [2.05, 4.69) is 0 Å². The van der Waals surface area contributed by atoms with E-state index < -0.39 is 8.80 Å². The zero-order chi connectivity index (χ0) is 14.5. The molecule has 0 fully saturated rings. The molecule has 0 bridgehead atoms. The molecule has 0 aliphatic heterocycles. The second kappa shape index (κ2) is 8.74. The molecule has 3 nitrogen and oxygen atoms in total. The summed E-state index contributed by atoms with van der Waals surface area (Å²) in [6.45, 7) is 12.1. The quantitative estimate of drug-likeness (QED) is 0.716. The van der Waals surface area contributed by atoms with Crippen molar-refractivity contribution in [1.82, 2.24) is 0 Å². The van der Waals surface area contributed by atoms with Crippen LogP contribution in [-0.4, -0.2) is 38.1 Å². The summed E-state index contributed by atoms with van der Waals surface area (Å²) in [5.74, 6) is 0. The first kappa shape index (κ1) is 19.5. The molecular weight excluding hydrogens is 284 g/mol. The molecule has 0 spiro atoms. The smallest absolute Gasteiger partial charge is 0.367 e. The molecule has 0 atom stereocenters. The van der Waals surface area contributed by atoms with Gasteiger partial charge in [0.2, 0.25) is 0 Å². The zero-order valence-electron chi connectivity index (χ0n) is 12.8. The predicted octanol–water partition coefficient (Wildman–Crippen LogP) is 1.66. The lowest BCUT2D eigenvalue weighted by Crippen LogP contribution is -2.60. The number of benzene rings is 1. The second-order valence-electron chi connectivity index (χ2n) is 5.42. The lowest BCUT2D eigenvalue weighted by molar-refractivity contribution is 0.0153. The van der Waals surface area contributed by atoms with Gasteiger partial charge in [-0.3, -0.25) is 0 Å². The summed E-state index contributed by atoms with van der Waals surface area (Å²) in [4.78, 5) is 0. The van der Waals surface area contributed by atoms with Gasteiger partial charge in [0.15, 0.2) is 0 Å². The van der Waals surface area contributed by atoms with E-state index in [0.29, 0.717) is 0 Å². The Kier molecular flexibility index (Phi) is 8.54. The topological polar surface area (TPSA) is 27.7 Å². The van der Waals surface area contributed by atoms with Crippen molar-refractivity contribution < 1.29 is 13.3 Å². The Morgan fingerprint density at radius 1 is 0.700 bits per heavy atom. The maximum Gasteiger partial charge on any atom is 0.537 e. The fraction of sp³-hybridized carbons (Fsp3) is 0.600. The summed E-state index contributed by atoms with van der Waals surface area (Å²) in [5.41, 5.74) is 0. The van der Waals surface area contributed by atoms with Gasteiger partial charge in [0.25, 0.3) is 0 Å². The third-order valence-corrected chi connectivity index (χ3v) is 5.69. The highest BCUT2D eigenvalue weighted by molar-refractivity contribution is 6.75. The molecule has 0 unspecified atom stereocenters. The zero-order valence-corrected chi connectivity index (χ0v) is 13.8. The minimum absolute atomic E-state index is 0. The van der Waals surface area contributed by atoms with Crippen LogP contribution in [0.4, 0.5) is 0 Å². The Morgan fingerprint density at radius 2 is 1.05 bits per heavy atom. The van der Waals surface area contributed by atoms with Crippen LogP contribution in [0.2, 0.25) is 0 Å². The minimum Gasteiger partial charge on any atom is -0.367 e. The highest BCUT2D eigenvalue weighted by atomic mass is 28.4. The van der Waals surface area contributed by atoms with Gasteiger partial charge in [0.05, 0.1) is 0 Å². The average molecular weight is 315 g/mol. The largest absolute Gasteiger partial charge is 0.537 e. The molecule has 20 heavy (non-hydrogen) atoms. The van der Waals surface area contributed by atoms with E-state index in [1.807, 2.05) is 71.9 Å². The molecular formula is C15H30O3Si2. The van der Waals surface area contributed by atoms with E-state index in [0.717, 1.165) is 5.19 Å². The van der Waals surface area contributed by atoms with Crippen LogP contribution in [0.15, 0.2) is 30.3 Å². The van der Waals surface area contributed by atoms with E-state index in [4.69, 9.17) is 13.3 Å². The molecule has 0 N–H and O–H groups in total. The first-order valence-electron chi connectivity index (χ1n) is 6.94. The summed E-state index contributed by atoms with van der Waals surface area (Å²) >= 11 is 0. The van der Waals surface area contributed by atoms with Crippen molar-refractivity contribution in [3.05, 3.63) is 30.3 Å². The fourth-order valence-corrected chi connectivity index (χ4v) is 4.90. The Labute approximate surface area is 129 Å². The van der Waals surface area contributed by atoms with E-state index in [-0.39, 0.29) is 29.3 Å². The van der Waals surface area contributed by atoms with Gasteiger partial charge in [-0.05, 0) is 52.5 Å². The SMILES string of the molecule is CC(C)O[Si](OC(C)C)(OC(C)C)c1ccccc1.[SiH4]. The second-order valence-corrected chi connectivity index (χ2v) is 7.82. The van der Waals surface area contributed by atoms with E-state index in [1.54, 1.807) is 0 Å². The van der Waals surface area contributed by atoms with Crippen LogP contribution in [-0.2, 0) is 13.3 Å². The van der Waals surface area contributed by atoms with Crippen LogP contribution >= 0.6 is 0 Å². The van der Waals surface area contributed by atoms with Crippen LogP contribution < -0.4 is 5.19 Å². The summed E-state index contributed by atoms with van der Waals surface area (Å²) in [6, 6.07) is 10.0. The molecule has 0 aromatic heterocycles. The molecule has 1 aromatic carbocycles. The van der Waals surface area contributed by atoms with Gasteiger partial charge < -0.3 is 13.3 Å². The third-order valence-electron chi connectivity index (χ3n) is 2.30. The standard InChI is InChI=1S/C15H26O3Si.H4Si/c1-12(2)16-19(17-13(3)4,18-14(5)6)15-10-8-7-9-11-15;/h7-14H,1-6H3;1H4. The van der Waals surface area contributed by atoms with Crippen molar-refractivity contribution in [2.24, 2.45) is 0 Å². The minimum atomic E-state index is -2.86. The summed E-state index contributed by atoms with van der Waals surface area (Å²) < 4.78 is 18.4. The lowest BCUT2D eigenvalue weighted by atomic mass is 10.4. The molecule has 1 rings (SSSR count). The van der Waals surface area contributed by atoms with Crippen molar-refractivity contribution in [3.8, 4) is 0 Å². The summed E-state index contributed by atoms with van der Waals surface area (Å²) in [7, 11) is -2.86. The molecule has 1 aromatic rings. The first-order chi connectivity index (χ1) is 8.85. The summed E-state index contributed by atoms with van der Waals surface area (Å²) in [6.07, 6.45) is 0.179. The predicted molar refractivity (Wildman–Crippen MR) is 91.8 cm³/mol. The first-order valence-corrected chi connectivity index (χ1v) is 8.67. The highest BCUT2D eigenvalue weighted by Gasteiger charge is 2.46. The molecule has 0 saturated heterocycles. The van der Waals surface area contributed by atoms with Crippen LogP contribution in [0.3, 0.4) is 0 Å². The van der Waals surface area contributed by atoms with Crippen LogP contribution in [0.25, 0.3) is 0 Å². The van der Waals surface area contributed by atoms with Gasteiger partial charge in [-0.1, -0.05) is 30.3 Å². The molecule has 5 heteroatoms. The van der Waals surface area contributed by atoms with Gasteiger partial charge in [-0.25, -0.2) is 0 Å². The van der Waals surface area contributed by atoms with Crippen LogP contribution in [0.5, 0.6) is 0 Å². The number of hydrogen-bond donors (Lipinski definition) is 0. The van der Waals surface area contributed by atoms with Crippen molar-refractivity contribution >= 4 is 25.0 Å². The van der Waals surface area contributed by atoms with Crippen molar-refractivity contribution in [2.45, 2.75) is 59.9 Å². The molecule has 0 saturated carbocycles. The number of hydrogen-bond acceptors (Lipinski definition) is 3. The maximum absolute atomic E-state index is 6.14. The summed E-state index contributed by atoms with van der Waals surface area (Å²) in [5, 5.41) is 1.02. The maximum atomic E-state index is 6.14. The lowest BCUT2D eigenvalue weighted by Gasteiger charge is -2.34. The van der Waals surface area contributed by atoms with E-state index in [1.165, 1.54) is 0 Å². The van der Waals surface area contributed by atoms with E-state index >= 15 is 0 Å². The van der Waals surface area contributed by atoms with Crippen LogP contribution in [0, 0.1) is 0 Å². The van der Waals surface area contributed by atoms with Gasteiger partial charge in [0.1, 0.15) is 0 Å². The van der Waals surface area contributed by atoms with Crippen LogP contribution in [0.1, 0.15) is 41.5 Å². The fourth-order valence-electron chi connectivity index (χ4n) is 1.86. The van der Waals surface area contributed by atoms with Gasteiger partial charge in [0, 0.05) is 23.5 Å². The van der Waals surface area contributed by atoms with Gasteiger partial charge in [-0.2, -0.15) is 0 Å². The Morgan fingerprint density at radius 3 is 1.35 bits per heavy atom. The number of rotatable bonds is 7. The average Bonchev–Trinajstić information content (AvgIpc) is 2.27.